The van der Waals surface area contributed by atoms with Crippen LogP contribution in [0.3, 0.4) is 0 Å². The second-order valence-electron chi connectivity index (χ2n) is 3.93. The number of hydrogen-bond acceptors (Lipinski definition) is 2. The number of H-pyrrole nitrogens is 1. The zero-order chi connectivity index (χ0) is 10.4. The van der Waals surface area contributed by atoms with Crippen molar-refractivity contribution in [3.8, 4) is 5.75 Å². The van der Waals surface area contributed by atoms with Gasteiger partial charge in [0, 0.05) is 23.5 Å². The van der Waals surface area contributed by atoms with Crippen molar-refractivity contribution in [1.82, 2.24) is 4.98 Å². The van der Waals surface area contributed by atoms with Gasteiger partial charge in [0.2, 0.25) is 0 Å². The number of aromatic amines is 1. The number of aromatic nitrogens is 1. The number of phenols is 1. The van der Waals surface area contributed by atoms with Gasteiger partial charge in [-0.15, -0.1) is 12.4 Å². The van der Waals surface area contributed by atoms with Gasteiger partial charge < -0.3 is 10.1 Å². The van der Waals surface area contributed by atoms with Crippen LogP contribution in [0.5, 0.6) is 5.75 Å². The van der Waals surface area contributed by atoms with E-state index < -0.39 is 0 Å². The third-order valence-corrected chi connectivity index (χ3v) is 2.96. The van der Waals surface area contributed by atoms with Crippen LogP contribution in [0.15, 0.2) is 23.2 Å². The van der Waals surface area contributed by atoms with Gasteiger partial charge in [-0.1, -0.05) is 0 Å². The molecule has 0 amide bonds. The van der Waals surface area contributed by atoms with Crippen molar-refractivity contribution in [3.05, 3.63) is 29.5 Å². The average molecular weight is 237 g/mol. The van der Waals surface area contributed by atoms with Crippen molar-refractivity contribution >= 4 is 29.0 Å². The first kappa shape index (κ1) is 11.0. The summed E-state index contributed by atoms with van der Waals surface area (Å²) in [7, 11) is 0. The number of benzene rings is 1. The van der Waals surface area contributed by atoms with Gasteiger partial charge in [-0.2, -0.15) is 0 Å². The molecule has 0 saturated carbocycles. The van der Waals surface area contributed by atoms with Crippen LogP contribution >= 0.6 is 12.4 Å². The van der Waals surface area contributed by atoms with Crippen LogP contribution in [-0.2, 0) is 6.42 Å². The van der Waals surface area contributed by atoms with E-state index in [0.29, 0.717) is 5.75 Å². The zero-order valence-electron chi connectivity index (χ0n) is 8.95. The van der Waals surface area contributed by atoms with Gasteiger partial charge in [-0.25, -0.2) is 0 Å². The van der Waals surface area contributed by atoms with Gasteiger partial charge in [-0.3, -0.25) is 4.99 Å². The smallest absolute Gasteiger partial charge is 0.117 e. The maximum atomic E-state index is 9.41. The van der Waals surface area contributed by atoms with Crippen LogP contribution in [0.1, 0.15) is 18.2 Å². The first-order valence-corrected chi connectivity index (χ1v) is 5.11. The van der Waals surface area contributed by atoms with E-state index in [4.69, 9.17) is 0 Å². The molecule has 16 heavy (non-hydrogen) atoms. The van der Waals surface area contributed by atoms with Gasteiger partial charge in [0.15, 0.2) is 0 Å². The Morgan fingerprint density at radius 3 is 3.00 bits per heavy atom. The molecular weight excluding hydrogens is 224 g/mol. The summed E-state index contributed by atoms with van der Waals surface area (Å²) >= 11 is 0. The van der Waals surface area contributed by atoms with E-state index in [-0.39, 0.29) is 12.4 Å². The fraction of sp³-hybridized carbons (Fsp3) is 0.250. The lowest BCUT2D eigenvalue weighted by Gasteiger charge is -2.08. The average Bonchev–Trinajstić information content (AvgIpc) is 2.57. The van der Waals surface area contributed by atoms with Crippen LogP contribution in [-0.4, -0.2) is 22.3 Å². The molecule has 0 unspecified atom stereocenters. The number of hydrogen-bond donors (Lipinski definition) is 2. The molecule has 0 atom stereocenters. The van der Waals surface area contributed by atoms with Crippen LogP contribution in [0.2, 0.25) is 0 Å². The van der Waals surface area contributed by atoms with Gasteiger partial charge in [0.1, 0.15) is 5.75 Å². The minimum absolute atomic E-state index is 0. The van der Waals surface area contributed by atoms with E-state index in [1.165, 1.54) is 10.9 Å². The number of nitrogens with zero attached hydrogens (tertiary/aromatic N) is 1. The van der Waals surface area contributed by atoms with Gasteiger partial charge in [0.25, 0.3) is 0 Å². The number of halogens is 1. The Labute approximate surface area is 99.6 Å². The lowest BCUT2D eigenvalue weighted by atomic mass is 10.0. The highest BCUT2D eigenvalue weighted by molar-refractivity contribution is 6.05. The highest BCUT2D eigenvalue weighted by atomic mass is 35.5. The summed E-state index contributed by atoms with van der Waals surface area (Å²) in [6, 6.07) is 5.47. The fourth-order valence-corrected chi connectivity index (χ4v) is 2.23. The second-order valence-corrected chi connectivity index (χ2v) is 3.93. The predicted octanol–water partition coefficient (Wildman–Crippen LogP) is 2.66. The van der Waals surface area contributed by atoms with Crippen LogP contribution in [0, 0.1) is 0 Å². The van der Waals surface area contributed by atoms with Gasteiger partial charge >= 0.3 is 0 Å². The van der Waals surface area contributed by atoms with Crippen molar-refractivity contribution < 1.29 is 5.11 Å². The van der Waals surface area contributed by atoms with Gasteiger partial charge in [-0.05, 0) is 31.0 Å². The molecule has 1 aromatic heterocycles. The Balaban J connectivity index is 0.000000963. The Morgan fingerprint density at radius 2 is 2.19 bits per heavy atom. The highest BCUT2D eigenvalue weighted by Crippen LogP contribution is 2.28. The number of aliphatic imine (C=N–C) groups is 1. The molecule has 0 saturated heterocycles. The SMILES string of the molecule is CC1=NCCc2c1[nH]c1cc(O)ccc21.Cl. The quantitative estimate of drug-likeness (QED) is 0.726. The molecule has 0 fully saturated rings. The third kappa shape index (κ3) is 1.48. The summed E-state index contributed by atoms with van der Waals surface area (Å²) in [5, 5.41) is 10.6. The molecule has 2 aromatic rings. The number of aromatic hydroxyl groups is 1. The summed E-state index contributed by atoms with van der Waals surface area (Å²) in [5.74, 6) is 0.302. The third-order valence-electron chi connectivity index (χ3n) is 2.96. The maximum Gasteiger partial charge on any atom is 0.117 e. The standard InChI is InChI=1S/C12H12N2O.ClH/c1-7-12-10(4-5-13-7)9-3-2-8(15)6-11(9)14-12;/h2-3,6,14-15H,4-5H2,1H3;1H. The number of rotatable bonds is 0. The fourth-order valence-electron chi connectivity index (χ4n) is 2.23. The van der Waals surface area contributed by atoms with Crippen molar-refractivity contribution in [3.63, 3.8) is 0 Å². The molecule has 2 N–H and O–H groups in total. The molecule has 1 aliphatic heterocycles. The molecule has 0 aliphatic carbocycles. The van der Waals surface area contributed by atoms with E-state index in [0.717, 1.165) is 29.9 Å². The largest absolute Gasteiger partial charge is 0.508 e. The normalized spacial score (nSPS) is 14.2. The molecule has 0 bridgehead atoms. The van der Waals surface area contributed by atoms with E-state index in [9.17, 15) is 5.11 Å². The highest BCUT2D eigenvalue weighted by Gasteiger charge is 2.16. The Hall–Kier alpha value is -1.48. The molecule has 4 heteroatoms. The van der Waals surface area contributed by atoms with Crippen molar-refractivity contribution in [2.75, 3.05) is 6.54 Å². The lowest BCUT2D eigenvalue weighted by molar-refractivity contribution is 0.476. The van der Waals surface area contributed by atoms with Crippen molar-refractivity contribution in [2.24, 2.45) is 4.99 Å². The molecule has 2 heterocycles. The summed E-state index contributed by atoms with van der Waals surface area (Å²) in [6.45, 7) is 2.89. The second kappa shape index (κ2) is 3.83. The van der Waals surface area contributed by atoms with Crippen molar-refractivity contribution in [2.45, 2.75) is 13.3 Å². The van der Waals surface area contributed by atoms with E-state index >= 15 is 0 Å². The first-order chi connectivity index (χ1) is 7.25. The van der Waals surface area contributed by atoms with Crippen LogP contribution in [0.4, 0.5) is 0 Å². The summed E-state index contributed by atoms with van der Waals surface area (Å²) < 4.78 is 0. The number of nitrogens with one attached hydrogen (secondary N) is 1. The Bertz CT molecular complexity index is 572. The molecule has 1 aromatic carbocycles. The lowest BCUT2D eigenvalue weighted by Crippen LogP contribution is -2.08. The molecular formula is C12H13ClN2O. The van der Waals surface area contributed by atoms with Crippen LogP contribution in [0.25, 0.3) is 10.9 Å². The molecule has 84 valence electrons. The summed E-state index contributed by atoms with van der Waals surface area (Å²) in [4.78, 5) is 7.73. The minimum atomic E-state index is 0. The van der Waals surface area contributed by atoms with Gasteiger partial charge in [0.05, 0.1) is 11.4 Å². The topological polar surface area (TPSA) is 48.4 Å². The number of fused-ring (bicyclic) bond motifs is 3. The Morgan fingerprint density at radius 1 is 1.38 bits per heavy atom. The summed E-state index contributed by atoms with van der Waals surface area (Å²) in [6.07, 6.45) is 0.984. The van der Waals surface area contributed by atoms with E-state index in [2.05, 4.69) is 9.98 Å². The monoisotopic (exact) mass is 236 g/mol. The predicted molar refractivity (Wildman–Crippen MR) is 68.0 cm³/mol. The molecule has 0 spiro atoms. The molecule has 3 rings (SSSR count). The number of phenolic OH excluding ortho intramolecular Hbond substituents is 1. The van der Waals surface area contributed by atoms with E-state index in [1.807, 2.05) is 13.0 Å². The Kier molecular flexibility index (Phi) is 2.64. The minimum Gasteiger partial charge on any atom is -0.508 e. The van der Waals surface area contributed by atoms with Crippen molar-refractivity contribution in [1.29, 1.82) is 0 Å². The van der Waals surface area contributed by atoms with Crippen LogP contribution < -0.4 is 0 Å². The maximum absolute atomic E-state index is 9.41. The zero-order valence-corrected chi connectivity index (χ0v) is 9.77. The first-order valence-electron chi connectivity index (χ1n) is 5.11. The molecule has 1 aliphatic rings. The molecule has 3 nitrogen and oxygen atoms in total. The van der Waals surface area contributed by atoms with E-state index in [1.54, 1.807) is 12.1 Å². The molecule has 0 radical (unpaired) electrons. The summed E-state index contributed by atoms with van der Waals surface area (Å²) in [5.41, 5.74) is 4.52.